The molecular formula is C11H19N3O. The molecule has 0 aliphatic carbocycles. The summed E-state index contributed by atoms with van der Waals surface area (Å²) in [6.45, 7) is 5.76. The first-order valence-corrected chi connectivity index (χ1v) is 5.22. The third-order valence-electron chi connectivity index (χ3n) is 2.11. The molecule has 0 fully saturated rings. The Morgan fingerprint density at radius 2 is 2.27 bits per heavy atom. The molecular weight excluding hydrogens is 190 g/mol. The highest BCUT2D eigenvalue weighted by Gasteiger charge is 1.99. The minimum Gasteiger partial charge on any atom is -0.382 e. The van der Waals surface area contributed by atoms with Gasteiger partial charge >= 0.3 is 0 Å². The van der Waals surface area contributed by atoms with Crippen LogP contribution in [-0.2, 0) is 4.74 Å². The van der Waals surface area contributed by atoms with Gasteiger partial charge in [0.2, 0.25) is 0 Å². The van der Waals surface area contributed by atoms with Crippen LogP contribution in [0.15, 0.2) is 18.3 Å². The van der Waals surface area contributed by atoms with Crippen LogP contribution in [0.1, 0.15) is 13.8 Å². The standard InChI is InChI=1S/C11H19N3O/c1-4-12-11-7-10(5-6-13-11)14-8-9(2)15-3/h5-7,9H,4,8H2,1-3H3,(H2,12,13,14). The van der Waals surface area contributed by atoms with Gasteiger partial charge in [-0.15, -0.1) is 0 Å². The number of hydrogen-bond acceptors (Lipinski definition) is 4. The number of rotatable bonds is 6. The van der Waals surface area contributed by atoms with Gasteiger partial charge in [0.25, 0.3) is 0 Å². The van der Waals surface area contributed by atoms with Crippen molar-refractivity contribution < 1.29 is 4.74 Å². The van der Waals surface area contributed by atoms with Crippen LogP contribution in [-0.4, -0.2) is 31.3 Å². The molecule has 84 valence electrons. The van der Waals surface area contributed by atoms with Crippen molar-refractivity contribution in [3.05, 3.63) is 18.3 Å². The van der Waals surface area contributed by atoms with Crippen LogP contribution in [0.25, 0.3) is 0 Å². The topological polar surface area (TPSA) is 46.2 Å². The van der Waals surface area contributed by atoms with Gasteiger partial charge in [0, 0.05) is 38.1 Å². The van der Waals surface area contributed by atoms with Crippen LogP contribution in [0.3, 0.4) is 0 Å². The van der Waals surface area contributed by atoms with E-state index in [1.165, 1.54) is 0 Å². The van der Waals surface area contributed by atoms with Crippen LogP contribution < -0.4 is 10.6 Å². The molecule has 0 saturated carbocycles. The maximum absolute atomic E-state index is 5.16. The van der Waals surface area contributed by atoms with Crippen LogP contribution in [0.2, 0.25) is 0 Å². The Balaban J connectivity index is 2.50. The van der Waals surface area contributed by atoms with Crippen molar-refractivity contribution in [3.63, 3.8) is 0 Å². The van der Waals surface area contributed by atoms with Gasteiger partial charge in [-0.05, 0) is 19.9 Å². The molecule has 0 saturated heterocycles. The summed E-state index contributed by atoms with van der Waals surface area (Å²) in [6.07, 6.45) is 2.00. The Labute approximate surface area is 91.1 Å². The number of nitrogens with zero attached hydrogens (tertiary/aromatic N) is 1. The molecule has 1 aromatic rings. The van der Waals surface area contributed by atoms with Crippen molar-refractivity contribution in [2.24, 2.45) is 0 Å². The number of nitrogens with one attached hydrogen (secondary N) is 2. The van der Waals surface area contributed by atoms with Crippen molar-refractivity contribution in [1.82, 2.24) is 4.98 Å². The molecule has 1 rings (SSSR count). The zero-order chi connectivity index (χ0) is 11.1. The second kappa shape index (κ2) is 6.24. The van der Waals surface area contributed by atoms with E-state index in [2.05, 4.69) is 22.5 Å². The zero-order valence-electron chi connectivity index (χ0n) is 9.58. The largest absolute Gasteiger partial charge is 0.382 e. The Bertz CT molecular complexity index is 291. The van der Waals surface area contributed by atoms with E-state index in [0.717, 1.165) is 24.6 Å². The quantitative estimate of drug-likeness (QED) is 0.752. The second-order valence-corrected chi connectivity index (χ2v) is 3.39. The first-order valence-electron chi connectivity index (χ1n) is 5.22. The lowest BCUT2D eigenvalue weighted by Gasteiger charge is -2.12. The number of methoxy groups -OCH3 is 1. The normalized spacial score (nSPS) is 12.2. The zero-order valence-corrected chi connectivity index (χ0v) is 9.58. The van der Waals surface area contributed by atoms with Crippen LogP contribution in [0.5, 0.6) is 0 Å². The van der Waals surface area contributed by atoms with Gasteiger partial charge in [-0.3, -0.25) is 0 Å². The SMILES string of the molecule is CCNc1cc(NCC(C)OC)ccn1. The average Bonchev–Trinajstić information content (AvgIpc) is 2.27. The second-order valence-electron chi connectivity index (χ2n) is 3.39. The van der Waals surface area contributed by atoms with Crippen molar-refractivity contribution in [1.29, 1.82) is 0 Å². The van der Waals surface area contributed by atoms with Gasteiger partial charge in [-0.1, -0.05) is 0 Å². The Hall–Kier alpha value is -1.29. The van der Waals surface area contributed by atoms with Crippen LogP contribution >= 0.6 is 0 Å². The van der Waals surface area contributed by atoms with E-state index >= 15 is 0 Å². The fourth-order valence-electron chi connectivity index (χ4n) is 1.16. The number of hydrogen-bond donors (Lipinski definition) is 2. The highest BCUT2D eigenvalue weighted by molar-refractivity contribution is 5.51. The number of pyridine rings is 1. The summed E-state index contributed by atoms with van der Waals surface area (Å²) in [4.78, 5) is 4.19. The predicted octanol–water partition coefficient (Wildman–Crippen LogP) is 1.96. The molecule has 0 radical (unpaired) electrons. The maximum atomic E-state index is 5.16. The van der Waals surface area contributed by atoms with Gasteiger partial charge in [-0.2, -0.15) is 0 Å². The number of ether oxygens (including phenoxy) is 1. The Morgan fingerprint density at radius 3 is 2.93 bits per heavy atom. The lowest BCUT2D eigenvalue weighted by Crippen LogP contribution is -2.18. The monoisotopic (exact) mass is 209 g/mol. The summed E-state index contributed by atoms with van der Waals surface area (Å²) < 4.78 is 5.16. The first kappa shape index (κ1) is 11.8. The van der Waals surface area contributed by atoms with Crippen molar-refractivity contribution in [2.75, 3.05) is 30.8 Å². The summed E-state index contributed by atoms with van der Waals surface area (Å²) in [6, 6.07) is 3.94. The summed E-state index contributed by atoms with van der Waals surface area (Å²) >= 11 is 0. The summed E-state index contributed by atoms with van der Waals surface area (Å²) in [7, 11) is 1.71. The van der Waals surface area contributed by atoms with Crippen molar-refractivity contribution >= 4 is 11.5 Å². The molecule has 2 N–H and O–H groups in total. The molecule has 0 bridgehead atoms. The summed E-state index contributed by atoms with van der Waals surface area (Å²) in [5, 5.41) is 6.46. The van der Waals surface area contributed by atoms with E-state index < -0.39 is 0 Å². The van der Waals surface area contributed by atoms with Gasteiger partial charge in [0.1, 0.15) is 5.82 Å². The number of aromatic nitrogens is 1. The molecule has 4 heteroatoms. The lowest BCUT2D eigenvalue weighted by molar-refractivity contribution is 0.129. The van der Waals surface area contributed by atoms with Crippen molar-refractivity contribution in [3.8, 4) is 0 Å². The third-order valence-corrected chi connectivity index (χ3v) is 2.11. The molecule has 1 unspecified atom stereocenters. The molecule has 0 amide bonds. The van der Waals surface area contributed by atoms with E-state index in [9.17, 15) is 0 Å². The fraction of sp³-hybridized carbons (Fsp3) is 0.545. The van der Waals surface area contributed by atoms with Gasteiger partial charge in [0.05, 0.1) is 6.10 Å². The molecule has 1 aromatic heterocycles. The third kappa shape index (κ3) is 4.16. The summed E-state index contributed by atoms with van der Waals surface area (Å²) in [5.41, 5.74) is 1.06. The maximum Gasteiger partial charge on any atom is 0.127 e. The van der Waals surface area contributed by atoms with E-state index in [1.807, 2.05) is 19.1 Å². The molecule has 0 aromatic carbocycles. The Kier molecular flexibility index (Phi) is 4.90. The predicted molar refractivity (Wildman–Crippen MR) is 63.4 cm³/mol. The van der Waals surface area contributed by atoms with E-state index in [4.69, 9.17) is 4.74 Å². The van der Waals surface area contributed by atoms with Gasteiger partial charge < -0.3 is 15.4 Å². The van der Waals surface area contributed by atoms with Crippen molar-refractivity contribution in [2.45, 2.75) is 20.0 Å². The lowest BCUT2D eigenvalue weighted by atomic mass is 10.3. The first-order chi connectivity index (χ1) is 7.26. The minimum atomic E-state index is 0.209. The Morgan fingerprint density at radius 1 is 1.47 bits per heavy atom. The molecule has 4 nitrogen and oxygen atoms in total. The molecule has 0 aliphatic rings. The van der Waals surface area contributed by atoms with Gasteiger partial charge in [0.15, 0.2) is 0 Å². The highest BCUT2D eigenvalue weighted by atomic mass is 16.5. The van der Waals surface area contributed by atoms with E-state index in [-0.39, 0.29) is 6.10 Å². The molecule has 15 heavy (non-hydrogen) atoms. The van der Waals surface area contributed by atoms with E-state index in [1.54, 1.807) is 13.3 Å². The fourth-order valence-corrected chi connectivity index (χ4v) is 1.16. The molecule has 1 atom stereocenters. The minimum absolute atomic E-state index is 0.209. The number of anilines is 2. The average molecular weight is 209 g/mol. The summed E-state index contributed by atoms with van der Waals surface area (Å²) in [5.74, 6) is 0.896. The highest BCUT2D eigenvalue weighted by Crippen LogP contribution is 2.11. The van der Waals surface area contributed by atoms with E-state index in [0.29, 0.717) is 0 Å². The molecule has 0 aliphatic heterocycles. The van der Waals surface area contributed by atoms with Gasteiger partial charge in [-0.25, -0.2) is 4.98 Å². The van der Waals surface area contributed by atoms with Crippen LogP contribution in [0.4, 0.5) is 11.5 Å². The molecule has 0 spiro atoms. The van der Waals surface area contributed by atoms with Crippen LogP contribution in [0, 0.1) is 0 Å². The smallest absolute Gasteiger partial charge is 0.127 e. The molecule has 1 heterocycles.